The van der Waals surface area contributed by atoms with E-state index in [1.165, 1.54) is 12.8 Å². The summed E-state index contributed by atoms with van der Waals surface area (Å²) in [5.41, 5.74) is 1.14. The number of hydrogen-bond donors (Lipinski definition) is 1. The van der Waals surface area contributed by atoms with E-state index in [0.29, 0.717) is 6.54 Å². The van der Waals surface area contributed by atoms with Crippen molar-refractivity contribution in [2.45, 2.75) is 26.3 Å². The van der Waals surface area contributed by atoms with Crippen molar-refractivity contribution in [3.05, 3.63) is 35.9 Å². The molecular formula is C16H25N3O. The normalized spacial score (nSPS) is 16.1. The Kier molecular flexibility index (Phi) is 5.87. The van der Waals surface area contributed by atoms with Gasteiger partial charge in [-0.3, -0.25) is 4.90 Å². The maximum atomic E-state index is 12.1. The molecule has 1 heterocycles. The lowest BCUT2D eigenvalue weighted by Gasteiger charge is -2.34. The highest BCUT2D eigenvalue weighted by molar-refractivity contribution is 5.74. The second-order valence-electron chi connectivity index (χ2n) is 5.33. The third-order valence-electron chi connectivity index (χ3n) is 3.77. The zero-order valence-corrected chi connectivity index (χ0v) is 12.3. The minimum absolute atomic E-state index is 0.0593. The number of carbonyl (C=O) groups is 1. The van der Waals surface area contributed by atoms with Gasteiger partial charge in [-0.1, -0.05) is 43.7 Å². The molecule has 0 spiro atoms. The quantitative estimate of drug-likeness (QED) is 0.895. The molecule has 2 amide bonds. The molecule has 1 aliphatic heterocycles. The monoisotopic (exact) mass is 275 g/mol. The van der Waals surface area contributed by atoms with Gasteiger partial charge in [-0.25, -0.2) is 4.79 Å². The van der Waals surface area contributed by atoms with E-state index in [2.05, 4.69) is 17.1 Å². The summed E-state index contributed by atoms with van der Waals surface area (Å²) in [4.78, 5) is 16.5. The highest BCUT2D eigenvalue weighted by atomic mass is 16.2. The Morgan fingerprint density at radius 3 is 2.50 bits per heavy atom. The second kappa shape index (κ2) is 7.90. The number of nitrogens with one attached hydrogen (secondary N) is 1. The molecule has 0 radical (unpaired) electrons. The number of rotatable bonds is 5. The molecular weight excluding hydrogens is 250 g/mol. The van der Waals surface area contributed by atoms with Crippen LogP contribution in [0.1, 0.15) is 25.3 Å². The van der Waals surface area contributed by atoms with E-state index in [9.17, 15) is 4.79 Å². The lowest BCUT2D eigenvalue weighted by molar-refractivity contribution is 0.138. The number of benzene rings is 1. The molecule has 0 saturated carbocycles. The van der Waals surface area contributed by atoms with Crippen LogP contribution in [0.5, 0.6) is 0 Å². The lowest BCUT2D eigenvalue weighted by atomic mass is 10.2. The molecule has 4 nitrogen and oxygen atoms in total. The van der Waals surface area contributed by atoms with Gasteiger partial charge in [-0.05, 0) is 18.5 Å². The highest BCUT2D eigenvalue weighted by Gasteiger charge is 2.20. The molecule has 0 aromatic heterocycles. The van der Waals surface area contributed by atoms with Crippen molar-refractivity contribution in [2.24, 2.45) is 0 Å². The predicted octanol–water partition coefficient (Wildman–Crippen LogP) is 2.31. The van der Waals surface area contributed by atoms with Crippen LogP contribution in [-0.4, -0.2) is 48.6 Å². The van der Waals surface area contributed by atoms with Crippen molar-refractivity contribution in [2.75, 3.05) is 32.7 Å². The fourth-order valence-corrected chi connectivity index (χ4v) is 2.44. The average molecular weight is 275 g/mol. The Labute approximate surface area is 121 Å². The number of unbranched alkanes of at least 4 members (excludes halogenated alkanes) is 1. The molecule has 2 rings (SSSR count). The Morgan fingerprint density at radius 2 is 1.85 bits per heavy atom. The van der Waals surface area contributed by atoms with Crippen LogP contribution in [0.15, 0.2) is 30.3 Å². The summed E-state index contributed by atoms with van der Waals surface area (Å²) < 4.78 is 0. The average Bonchev–Trinajstić information content (AvgIpc) is 2.52. The van der Waals surface area contributed by atoms with Gasteiger partial charge in [0.25, 0.3) is 0 Å². The predicted molar refractivity (Wildman–Crippen MR) is 81.6 cm³/mol. The maximum Gasteiger partial charge on any atom is 0.317 e. The molecule has 110 valence electrons. The third-order valence-corrected chi connectivity index (χ3v) is 3.77. The minimum Gasteiger partial charge on any atom is -0.334 e. The molecule has 1 fully saturated rings. The number of nitrogens with zero attached hydrogens (tertiary/aromatic N) is 2. The number of hydrogen-bond acceptors (Lipinski definition) is 2. The van der Waals surface area contributed by atoms with Gasteiger partial charge in [0.2, 0.25) is 0 Å². The summed E-state index contributed by atoms with van der Waals surface area (Å²) >= 11 is 0. The SMILES string of the molecule is CCCCN1CCN(C(=O)NCc2ccccc2)CC1. The first-order valence-electron chi connectivity index (χ1n) is 7.58. The van der Waals surface area contributed by atoms with Crippen molar-refractivity contribution < 1.29 is 4.79 Å². The second-order valence-corrected chi connectivity index (χ2v) is 5.33. The summed E-state index contributed by atoms with van der Waals surface area (Å²) in [7, 11) is 0. The van der Waals surface area contributed by atoms with Crippen molar-refractivity contribution in [3.63, 3.8) is 0 Å². The summed E-state index contributed by atoms with van der Waals surface area (Å²) in [6.45, 7) is 7.66. The number of urea groups is 1. The first kappa shape index (κ1) is 14.9. The molecule has 0 bridgehead atoms. The van der Waals surface area contributed by atoms with Gasteiger partial charge in [0, 0.05) is 32.7 Å². The van der Waals surface area contributed by atoms with Crippen LogP contribution in [-0.2, 0) is 6.54 Å². The minimum atomic E-state index is 0.0593. The van der Waals surface area contributed by atoms with Gasteiger partial charge < -0.3 is 10.2 Å². The Morgan fingerprint density at radius 1 is 1.15 bits per heavy atom. The van der Waals surface area contributed by atoms with Gasteiger partial charge in [-0.2, -0.15) is 0 Å². The van der Waals surface area contributed by atoms with E-state index in [-0.39, 0.29) is 6.03 Å². The van der Waals surface area contributed by atoms with Crippen LogP contribution in [0.3, 0.4) is 0 Å². The van der Waals surface area contributed by atoms with Gasteiger partial charge in [-0.15, -0.1) is 0 Å². The van der Waals surface area contributed by atoms with Crippen LogP contribution < -0.4 is 5.32 Å². The van der Waals surface area contributed by atoms with Crippen LogP contribution in [0.2, 0.25) is 0 Å². The molecule has 0 aliphatic carbocycles. The Balaban J connectivity index is 1.69. The van der Waals surface area contributed by atoms with E-state index in [0.717, 1.165) is 38.3 Å². The molecule has 1 aromatic carbocycles. The summed E-state index contributed by atoms with van der Waals surface area (Å²) in [5, 5.41) is 3.00. The topological polar surface area (TPSA) is 35.6 Å². The van der Waals surface area contributed by atoms with E-state index >= 15 is 0 Å². The molecule has 20 heavy (non-hydrogen) atoms. The smallest absolute Gasteiger partial charge is 0.317 e. The van der Waals surface area contributed by atoms with Crippen LogP contribution in [0.25, 0.3) is 0 Å². The first-order valence-corrected chi connectivity index (χ1v) is 7.58. The maximum absolute atomic E-state index is 12.1. The molecule has 0 unspecified atom stereocenters. The Hall–Kier alpha value is -1.55. The number of piperazine rings is 1. The van der Waals surface area contributed by atoms with Gasteiger partial charge in [0.15, 0.2) is 0 Å². The highest BCUT2D eigenvalue weighted by Crippen LogP contribution is 2.04. The van der Waals surface area contributed by atoms with Crippen LogP contribution in [0.4, 0.5) is 4.79 Å². The standard InChI is InChI=1S/C16H25N3O/c1-2-3-9-18-10-12-19(13-11-18)16(20)17-14-15-7-5-4-6-8-15/h4-8H,2-3,9-14H2,1H3,(H,17,20). The summed E-state index contributed by atoms with van der Waals surface area (Å²) in [6, 6.07) is 10.1. The number of carbonyl (C=O) groups excluding carboxylic acids is 1. The molecule has 1 aliphatic rings. The molecule has 1 aromatic rings. The van der Waals surface area contributed by atoms with Crippen molar-refractivity contribution in [3.8, 4) is 0 Å². The zero-order chi connectivity index (χ0) is 14.2. The van der Waals surface area contributed by atoms with Crippen LogP contribution >= 0.6 is 0 Å². The van der Waals surface area contributed by atoms with Crippen molar-refractivity contribution in [1.82, 2.24) is 15.1 Å². The van der Waals surface area contributed by atoms with Crippen LogP contribution in [0, 0.1) is 0 Å². The lowest BCUT2D eigenvalue weighted by Crippen LogP contribution is -2.51. The third kappa shape index (κ3) is 4.53. The number of amides is 2. The van der Waals surface area contributed by atoms with E-state index in [4.69, 9.17) is 0 Å². The van der Waals surface area contributed by atoms with Gasteiger partial charge in [0.1, 0.15) is 0 Å². The molecule has 0 atom stereocenters. The van der Waals surface area contributed by atoms with Gasteiger partial charge >= 0.3 is 6.03 Å². The fourth-order valence-electron chi connectivity index (χ4n) is 2.44. The van der Waals surface area contributed by atoms with E-state index in [1.807, 2.05) is 35.2 Å². The molecule has 1 N–H and O–H groups in total. The Bertz CT molecular complexity index is 399. The van der Waals surface area contributed by atoms with E-state index < -0.39 is 0 Å². The van der Waals surface area contributed by atoms with Gasteiger partial charge in [0.05, 0.1) is 0 Å². The molecule has 4 heteroatoms. The summed E-state index contributed by atoms with van der Waals surface area (Å²) in [6.07, 6.45) is 2.48. The summed E-state index contributed by atoms with van der Waals surface area (Å²) in [5.74, 6) is 0. The zero-order valence-electron chi connectivity index (χ0n) is 12.3. The first-order chi connectivity index (χ1) is 9.79. The fraction of sp³-hybridized carbons (Fsp3) is 0.562. The van der Waals surface area contributed by atoms with E-state index in [1.54, 1.807) is 0 Å². The van der Waals surface area contributed by atoms with Crippen molar-refractivity contribution >= 4 is 6.03 Å². The van der Waals surface area contributed by atoms with Crippen molar-refractivity contribution in [1.29, 1.82) is 0 Å². The largest absolute Gasteiger partial charge is 0.334 e. The molecule has 1 saturated heterocycles.